The SMILES string of the molecule is CN(C)CCc1ccc(NC(=O)c2ccc(CS(=O)(=O)c3ccccc3)o2)cc1. The summed E-state index contributed by atoms with van der Waals surface area (Å²) < 4.78 is 30.3. The van der Waals surface area contributed by atoms with E-state index in [1.807, 2.05) is 38.4 Å². The Balaban J connectivity index is 1.62. The molecule has 152 valence electrons. The van der Waals surface area contributed by atoms with Crippen LogP contribution in [0.15, 0.2) is 76.0 Å². The van der Waals surface area contributed by atoms with Crippen molar-refractivity contribution in [3.8, 4) is 0 Å². The number of benzene rings is 2. The summed E-state index contributed by atoms with van der Waals surface area (Å²) >= 11 is 0. The van der Waals surface area contributed by atoms with Crippen LogP contribution in [0.5, 0.6) is 0 Å². The van der Waals surface area contributed by atoms with Crippen molar-refractivity contribution in [1.82, 2.24) is 4.90 Å². The third-order valence-electron chi connectivity index (χ3n) is 4.38. The fourth-order valence-corrected chi connectivity index (χ4v) is 4.04. The third-order valence-corrected chi connectivity index (χ3v) is 6.03. The van der Waals surface area contributed by atoms with Gasteiger partial charge in [0, 0.05) is 12.2 Å². The monoisotopic (exact) mass is 412 g/mol. The molecule has 6 nitrogen and oxygen atoms in total. The van der Waals surface area contributed by atoms with Crippen molar-refractivity contribution in [2.45, 2.75) is 17.1 Å². The van der Waals surface area contributed by atoms with Crippen LogP contribution >= 0.6 is 0 Å². The van der Waals surface area contributed by atoms with Gasteiger partial charge in [0.1, 0.15) is 11.5 Å². The van der Waals surface area contributed by atoms with Crippen molar-refractivity contribution in [3.05, 3.63) is 83.8 Å². The molecular formula is C22H24N2O4S. The van der Waals surface area contributed by atoms with Gasteiger partial charge in [-0.05, 0) is 62.5 Å². The van der Waals surface area contributed by atoms with Crippen molar-refractivity contribution >= 4 is 21.4 Å². The standard InChI is InChI=1S/C22H24N2O4S/c1-24(2)15-14-17-8-10-18(11-9-17)23-22(25)21-13-12-19(28-21)16-29(26,27)20-6-4-3-5-7-20/h3-13H,14-16H2,1-2H3,(H,23,25). The van der Waals surface area contributed by atoms with E-state index in [9.17, 15) is 13.2 Å². The number of nitrogens with zero attached hydrogens (tertiary/aromatic N) is 1. The lowest BCUT2D eigenvalue weighted by atomic mass is 10.1. The van der Waals surface area contributed by atoms with Crippen molar-refractivity contribution in [1.29, 1.82) is 0 Å². The molecule has 0 bridgehead atoms. The van der Waals surface area contributed by atoms with Gasteiger partial charge in [-0.3, -0.25) is 4.79 Å². The van der Waals surface area contributed by atoms with Crippen molar-refractivity contribution in [2.75, 3.05) is 26.0 Å². The van der Waals surface area contributed by atoms with Gasteiger partial charge >= 0.3 is 0 Å². The number of likely N-dealkylation sites (N-methyl/N-ethyl adjacent to an activating group) is 1. The summed E-state index contributed by atoms with van der Waals surface area (Å²) in [4.78, 5) is 14.7. The van der Waals surface area contributed by atoms with E-state index in [-0.39, 0.29) is 22.2 Å². The Labute approximate surface area is 171 Å². The molecule has 2 aromatic carbocycles. The normalized spacial score (nSPS) is 11.6. The maximum absolute atomic E-state index is 12.4. The van der Waals surface area contributed by atoms with Gasteiger partial charge in [-0.1, -0.05) is 30.3 Å². The molecule has 0 aliphatic carbocycles. The van der Waals surface area contributed by atoms with E-state index < -0.39 is 15.7 Å². The number of carbonyl (C=O) groups is 1. The van der Waals surface area contributed by atoms with E-state index >= 15 is 0 Å². The number of furan rings is 1. The van der Waals surface area contributed by atoms with Gasteiger partial charge in [-0.2, -0.15) is 0 Å². The first kappa shape index (κ1) is 20.8. The van der Waals surface area contributed by atoms with E-state index in [2.05, 4.69) is 10.2 Å². The summed E-state index contributed by atoms with van der Waals surface area (Å²) in [5.74, 6) is -0.433. The fourth-order valence-electron chi connectivity index (χ4n) is 2.78. The second-order valence-electron chi connectivity index (χ2n) is 7.04. The van der Waals surface area contributed by atoms with Gasteiger partial charge in [0.15, 0.2) is 15.6 Å². The molecule has 29 heavy (non-hydrogen) atoms. The molecular weight excluding hydrogens is 388 g/mol. The lowest BCUT2D eigenvalue weighted by molar-refractivity contribution is 0.0995. The largest absolute Gasteiger partial charge is 0.455 e. The summed E-state index contributed by atoms with van der Waals surface area (Å²) in [7, 11) is 0.520. The van der Waals surface area contributed by atoms with E-state index in [0.29, 0.717) is 5.69 Å². The topological polar surface area (TPSA) is 79.6 Å². The zero-order chi connectivity index (χ0) is 20.9. The molecule has 1 N–H and O–H groups in total. The fraction of sp³-hybridized carbons (Fsp3) is 0.227. The summed E-state index contributed by atoms with van der Waals surface area (Å²) in [6.07, 6.45) is 0.929. The zero-order valence-corrected chi connectivity index (χ0v) is 17.3. The lowest BCUT2D eigenvalue weighted by Crippen LogP contribution is -2.15. The molecule has 0 aliphatic rings. The van der Waals surface area contributed by atoms with Gasteiger partial charge in [0.25, 0.3) is 5.91 Å². The second kappa shape index (κ2) is 9.07. The minimum absolute atomic E-state index is 0.0694. The predicted octanol–water partition coefficient (Wildman–Crippen LogP) is 3.61. The maximum Gasteiger partial charge on any atom is 0.291 e. The van der Waals surface area contributed by atoms with Crippen LogP contribution in [0, 0.1) is 0 Å². The van der Waals surface area contributed by atoms with Crippen LogP contribution in [0.3, 0.4) is 0 Å². The van der Waals surface area contributed by atoms with E-state index in [0.717, 1.165) is 13.0 Å². The molecule has 0 aliphatic heterocycles. The Bertz CT molecular complexity index is 1060. The maximum atomic E-state index is 12.4. The van der Waals surface area contributed by atoms with Crippen LogP contribution in [0.2, 0.25) is 0 Å². The van der Waals surface area contributed by atoms with Gasteiger partial charge in [-0.15, -0.1) is 0 Å². The molecule has 1 aromatic heterocycles. The molecule has 0 spiro atoms. The van der Waals surface area contributed by atoms with Crippen molar-refractivity contribution in [2.24, 2.45) is 0 Å². The molecule has 1 heterocycles. The van der Waals surface area contributed by atoms with Gasteiger partial charge in [-0.25, -0.2) is 8.42 Å². The Morgan fingerprint density at radius 2 is 1.66 bits per heavy atom. The summed E-state index contributed by atoms with van der Waals surface area (Å²) in [6.45, 7) is 0.951. The van der Waals surface area contributed by atoms with Crippen LogP contribution in [0.25, 0.3) is 0 Å². The second-order valence-corrected chi connectivity index (χ2v) is 9.03. The molecule has 3 rings (SSSR count). The first-order chi connectivity index (χ1) is 13.8. The van der Waals surface area contributed by atoms with Crippen LogP contribution in [-0.4, -0.2) is 39.9 Å². The number of carbonyl (C=O) groups excluding carboxylic acids is 1. The third kappa shape index (κ3) is 5.79. The van der Waals surface area contributed by atoms with Crippen LogP contribution in [0.4, 0.5) is 5.69 Å². The first-order valence-corrected chi connectivity index (χ1v) is 10.9. The summed E-state index contributed by atoms with van der Waals surface area (Å²) in [6, 6.07) is 18.8. The molecule has 3 aromatic rings. The molecule has 0 unspecified atom stereocenters. The molecule has 0 saturated heterocycles. The predicted molar refractivity (Wildman–Crippen MR) is 113 cm³/mol. The first-order valence-electron chi connectivity index (χ1n) is 9.25. The highest BCUT2D eigenvalue weighted by Crippen LogP contribution is 2.19. The molecule has 7 heteroatoms. The number of rotatable bonds is 8. The Hall–Kier alpha value is -2.90. The van der Waals surface area contributed by atoms with E-state index in [1.165, 1.54) is 29.8 Å². The molecule has 0 saturated carbocycles. The number of hydrogen-bond acceptors (Lipinski definition) is 5. The van der Waals surface area contributed by atoms with Crippen LogP contribution in [-0.2, 0) is 22.0 Å². The highest BCUT2D eigenvalue weighted by Gasteiger charge is 2.19. The van der Waals surface area contributed by atoms with Gasteiger partial charge in [0.2, 0.25) is 0 Å². The highest BCUT2D eigenvalue weighted by atomic mass is 32.2. The van der Waals surface area contributed by atoms with Gasteiger partial charge < -0.3 is 14.6 Å². The smallest absolute Gasteiger partial charge is 0.291 e. The number of nitrogens with one attached hydrogen (secondary N) is 1. The average Bonchev–Trinajstić information content (AvgIpc) is 3.16. The molecule has 0 radical (unpaired) electrons. The quantitative estimate of drug-likeness (QED) is 0.611. The lowest BCUT2D eigenvalue weighted by Gasteiger charge is -2.09. The Morgan fingerprint density at radius 1 is 0.966 bits per heavy atom. The Kier molecular flexibility index (Phi) is 6.51. The van der Waals surface area contributed by atoms with Crippen LogP contribution < -0.4 is 5.32 Å². The average molecular weight is 413 g/mol. The Morgan fingerprint density at radius 3 is 2.31 bits per heavy atom. The number of amides is 1. The van der Waals surface area contributed by atoms with Crippen molar-refractivity contribution < 1.29 is 17.6 Å². The van der Waals surface area contributed by atoms with Crippen molar-refractivity contribution in [3.63, 3.8) is 0 Å². The van der Waals surface area contributed by atoms with Crippen LogP contribution in [0.1, 0.15) is 21.9 Å². The molecule has 0 fully saturated rings. The summed E-state index contributed by atoms with van der Waals surface area (Å²) in [5, 5.41) is 2.77. The number of anilines is 1. The number of hydrogen-bond donors (Lipinski definition) is 1. The van der Waals surface area contributed by atoms with E-state index in [1.54, 1.807) is 18.2 Å². The summed E-state index contributed by atoms with van der Waals surface area (Å²) in [5.41, 5.74) is 1.83. The van der Waals surface area contributed by atoms with Gasteiger partial charge in [0.05, 0.1) is 4.90 Å². The minimum Gasteiger partial charge on any atom is -0.455 e. The highest BCUT2D eigenvalue weighted by molar-refractivity contribution is 7.90. The molecule has 1 amide bonds. The van der Waals surface area contributed by atoms with E-state index in [4.69, 9.17) is 4.42 Å². The zero-order valence-electron chi connectivity index (χ0n) is 16.5. The number of sulfone groups is 1. The molecule has 0 atom stereocenters. The minimum atomic E-state index is -3.53.